The van der Waals surface area contributed by atoms with Crippen molar-refractivity contribution in [2.45, 2.75) is 26.3 Å². The van der Waals surface area contributed by atoms with Crippen molar-refractivity contribution >= 4 is 15.9 Å². The van der Waals surface area contributed by atoms with Crippen LogP contribution in [0, 0.1) is 0 Å². The predicted molar refractivity (Wildman–Crippen MR) is 63.9 cm³/mol. The molecule has 0 aliphatic carbocycles. The van der Waals surface area contributed by atoms with Gasteiger partial charge in [-0.25, -0.2) is 0 Å². The van der Waals surface area contributed by atoms with Crippen LogP contribution in [0.1, 0.15) is 32.1 Å². The highest BCUT2D eigenvalue weighted by Crippen LogP contribution is 2.20. The van der Waals surface area contributed by atoms with Gasteiger partial charge >= 0.3 is 0 Å². The number of hydrogen-bond acceptors (Lipinski definition) is 3. The van der Waals surface area contributed by atoms with Gasteiger partial charge < -0.3 is 14.5 Å². The molecule has 1 unspecified atom stereocenters. The third-order valence-corrected chi connectivity index (χ3v) is 2.49. The standard InChI is InChI=1S/C11H18BrNO2/c1-3-7-13-9(8-14-4-2)10-5-6-11(12)15-10/h5-6,9,13H,3-4,7-8H2,1-2H3. The smallest absolute Gasteiger partial charge is 0.169 e. The summed E-state index contributed by atoms with van der Waals surface area (Å²) >= 11 is 3.30. The maximum atomic E-state index is 5.51. The van der Waals surface area contributed by atoms with Gasteiger partial charge in [-0.3, -0.25) is 0 Å². The van der Waals surface area contributed by atoms with E-state index >= 15 is 0 Å². The molecule has 15 heavy (non-hydrogen) atoms. The van der Waals surface area contributed by atoms with Crippen LogP contribution in [0.2, 0.25) is 0 Å². The van der Waals surface area contributed by atoms with Gasteiger partial charge in [-0.2, -0.15) is 0 Å². The van der Waals surface area contributed by atoms with Gasteiger partial charge in [0.1, 0.15) is 5.76 Å². The molecule has 86 valence electrons. The molecule has 0 aromatic carbocycles. The van der Waals surface area contributed by atoms with E-state index in [4.69, 9.17) is 9.15 Å². The first-order chi connectivity index (χ1) is 7.27. The van der Waals surface area contributed by atoms with E-state index in [1.54, 1.807) is 0 Å². The molecule has 0 saturated carbocycles. The van der Waals surface area contributed by atoms with Crippen LogP contribution in [0.3, 0.4) is 0 Å². The Morgan fingerprint density at radius 3 is 2.80 bits per heavy atom. The summed E-state index contributed by atoms with van der Waals surface area (Å²) in [7, 11) is 0. The summed E-state index contributed by atoms with van der Waals surface area (Å²) in [4.78, 5) is 0. The van der Waals surface area contributed by atoms with Gasteiger partial charge in [-0.1, -0.05) is 6.92 Å². The Labute approximate surface area is 99.3 Å². The van der Waals surface area contributed by atoms with Crippen molar-refractivity contribution in [1.82, 2.24) is 5.32 Å². The van der Waals surface area contributed by atoms with Gasteiger partial charge in [0.05, 0.1) is 12.6 Å². The second-order valence-corrected chi connectivity index (χ2v) is 4.09. The van der Waals surface area contributed by atoms with Crippen LogP contribution in [0.25, 0.3) is 0 Å². The lowest BCUT2D eigenvalue weighted by atomic mass is 10.2. The first-order valence-corrected chi connectivity index (χ1v) is 6.13. The summed E-state index contributed by atoms with van der Waals surface area (Å²) in [5.74, 6) is 0.920. The van der Waals surface area contributed by atoms with Gasteiger partial charge in [0.25, 0.3) is 0 Å². The molecular weight excluding hydrogens is 258 g/mol. The molecule has 0 spiro atoms. The minimum Gasteiger partial charge on any atom is -0.453 e. The number of nitrogens with one attached hydrogen (secondary N) is 1. The molecule has 1 aromatic rings. The largest absolute Gasteiger partial charge is 0.453 e. The maximum absolute atomic E-state index is 5.51. The van der Waals surface area contributed by atoms with Crippen LogP contribution in [0.5, 0.6) is 0 Å². The highest BCUT2D eigenvalue weighted by molar-refractivity contribution is 9.10. The van der Waals surface area contributed by atoms with E-state index in [2.05, 4.69) is 28.2 Å². The fourth-order valence-corrected chi connectivity index (χ4v) is 1.63. The van der Waals surface area contributed by atoms with Crippen LogP contribution in [-0.2, 0) is 4.74 Å². The Morgan fingerprint density at radius 2 is 2.27 bits per heavy atom. The normalized spacial score (nSPS) is 13.0. The van der Waals surface area contributed by atoms with Gasteiger partial charge in [0.2, 0.25) is 0 Å². The molecule has 0 aliphatic rings. The zero-order chi connectivity index (χ0) is 11.1. The average molecular weight is 276 g/mol. The van der Waals surface area contributed by atoms with E-state index in [9.17, 15) is 0 Å². The molecule has 0 radical (unpaired) electrons. The van der Waals surface area contributed by atoms with E-state index in [-0.39, 0.29) is 6.04 Å². The van der Waals surface area contributed by atoms with E-state index < -0.39 is 0 Å². The minimum atomic E-state index is 0.149. The summed E-state index contributed by atoms with van der Waals surface area (Å²) in [6, 6.07) is 4.02. The number of furan rings is 1. The van der Waals surface area contributed by atoms with Gasteiger partial charge in [-0.15, -0.1) is 0 Å². The minimum absolute atomic E-state index is 0.149. The highest BCUT2D eigenvalue weighted by Gasteiger charge is 2.14. The molecule has 0 amide bonds. The molecular formula is C11H18BrNO2. The lowest BCUT2D eigenvalue weighted by molar-refractivity contribution is 0.116. The molecule has 0 saturated heterocycles. The number of halogens is 1. The van der Waals surface area contributed by atoms with Crippen LogP contribution >= 0.6 is 15.9 Å². The molecule has 1 atom stereocenters. The molecule has 1 rings (SSSR count). The van der Waals surface area contributed by atoms with Crippen molar-refractivity contribution in [2.24, 2.45) is 0 Å². The fourth-order valence-electron chi connectivity index (χ4n) is 1.31. The lowest BCUT2D eigenvalue weighted by Gasteiger charge is -2.15. The average Bonchev–Trinajstić information content (AvgIpc) is 2.65. The summed E-state index contributed by atoms with van der Waals surface area (Å²) in [5.41, 5.74) is 0. The van der Waals surface area contributed by atoms with E-state index in [1.165, 1.54) is 0 Å². The quantitative estimate of drug-likeness (QED) is 0.830. The number of ether oxygens (including phenoxy) is 1. The van der Waals surface area contributed by atoms with Crippen molar-refractivity contribution < 1.29 is 9.15 Å². The van der Waals surface area contributed by atoms with Crippen molar-refractivity contribution in [3.63, 3.8) is 0 Å². The first-order valence-electron chi connectivity index (χ1n) is 5.34. The summed E-state index contributed by atoms with van der Waals surface area (Å²) in [6.45, 7) is 6.48. The summed E-state index contributed by atoms with van der Waals surface area (Å²) in [6.07, 6.45) is 1.10. The van der Waals surface area contributed by atoms with Crippen LogP contribution in [0.4, 0.5) is 0 Å². The number of rotatable bonds is 7. The zero-order valence-corrected chi connectivity index (χ0v) is 10.8. The zero-order valence-electron chi connectivity index (χ0n) is 9.25. The van der Waals surface area contributed by atoms with Gasteiger partial charge in [0, 0.05) is 6.61 Å². The van der Waals surface area contributed by atoms with E-state index in [0.29, 0.717) is 6.61 Å². The molecule has 0 bridgehead atoms. The molecule has 3 nitrogen and oxygen atoms in total. The third-order valence-electron chi connectivity index (χ3n) is 2.07. The maximum Gasteiger partial charge on any atom is 0.169 e. The third kappa shape index (κ3) is 4.36. The Morgan fingerprint density at radius 1 is 1.47 bits per heavy atom. The lowest BCUT2D eigenvalue weighted by Crippen LogP contribution is -2.26. The van der Waals surface area contributed by atoms with Crippen LogP contribution < -0.4 is 5.32 Å². The van der Waals surface area contributed by atoms with E-state index in [1.807, 2.05) is 19.1 Å². The molecule has 4 heteroatoms. The van der Waals surface area contributed by atoms with Crippen molar-refractivity contribution in [2.75, 3.05) is 19.8 Å². The SMILES string of the molecule is CCCNC(COCC)c1ccc(Br)o1. The Balaban J connectivity index is 2.54. The second kappa shape index (κ2) is 7.04. The molecule has 0 fully saturated rings. The Kier molecular flexibility index (Phi) is 5.98. The molecule has 1 aromatic heterocycles. The van der Waals surface area contributed by atoms with Gasteiger partial charge in [0.15, 0.2) is 4.67 Å². The van der Waals surface area contributed by atoms with Gasteiger partial charge in [-0.05, 0) is 48.0 Å². The first kappa shape index (κ1) is 12.7. The summed E-state index contributed by atoms with van der Waals surface area (Å²) in [5, 5.41) is 3.39. The highest BCUT2D eigenvalue weighted by atomic mass is 79.9. The molecule has 1 N–H and O–H groups in total. The van der Waals surface area contributed by atoms with E-state index in [0.717, 1.165) is 30.0 Å². The topological polar surface area (TPSA) is 34.4 Å². The molecule has 1 heterocycles. The second-order valence-electron chi connectivity index (χ2n) is 3.31. The van der Waals surface area contributed by atoms with Crippen molar-refractivity contribution in [3.8, 4) is 0 Å². The van der Waals surface area contributed by atoms with Crippen molar-refractivity contribution in [3.05, 3.63) is 22.6 Å². The predicted octanol–water partition coefficient (Wildman–Crippen LogP) is 3.12. The molecule has 0 aliphatic heterocycles. The Hall–Kier alpha value is -0.320. The van der Waals surface area contributed by atoms with Crippen LogP contribution in [-0.4, -0.2) is 19.8 Å². The number of hydrogen-bond donors (Lipinski definition) is 1. The Bertz CT molecular complexity index is 267. The van der Waals surface area contributed by atoms with Crippen molar-refractivity contribution in [1.29, 1.82) is 0 Å². The summed E-state index contributed by atoms with van der Waals surface area (Å²) < 4.78 is 11.7. The fraction of sp³-hybridized carbons (Fsp3) is 0.636. The monoisotopic (exact) mass is 275 g/mol. The van der Waals surface area contributed by atoms with Crippen LogP contribution in [0.15, 0.2) is 21.2 Å².